The fraction of sp³-hybridized carbons (Fsp3) is 0.632. The molecule has 1 fully saturated rings. The first-order valence-electron chi connectivity index (χ1n) is 9.36. The number of amides is 1. The van der Waals surface area contributed by atoms with Crippen LogP contribution < -0.4 is 0 Å². The summed E-state index contributed by atoms with van der Waals surface area (Å²) in [7, 11) is -3.41. The van der Waals surface area contributed by atoms with Gasteiger partial charge in [0.2, 0.25) is 15.9 Å². The first-order valence-corrected chi connectivity index (χ1v) is 10.8. The van der Waals surface area contributed by atoms with Gasteiger partial charge in [0.25, 0.3) is 0 Å². The van der Waals surface area contributed by atoms with Crippen LogP contribution in [0.1, 0.15) is 51.5 Å². The van der Waals surface area contributed by atoms with Crippen molar-refractivity contribution < 1.29 is 13.2 Å². The third kappa shape index (κ3) is 5.28. The molecule has 1 heterocycles. The summed E-state index contributed by atoms with van der Waals surface area (Å²) in [6.07, 6.45) is 5.77. The molecule has 0 spiro atoms. The first kappa shape index (κ1) is 19.9. The van der Waals surface area contributed by atoms with E-state index in [0.29, 0.717) is 30.8 Å². The predicted octanol–water partition coefficient (Wildman–Crippen LogP) is 3.05. The minimum absolute atomic E-state index is 0.210. The van der Waals surface area contributed by atoms with Crippen LogP contribution in [0.15, 0.2) is 29.2 Å². The molecule has 1 aliphatic rings. The molecule has 5 nitrogen and oxygen atoms in total. The monoisotopic (exact) mass is 366 g/mol. The SMILES string of the molecule is CCN(CC)S(=O)(=O)c1ccc(CCC(=O)N2CCCCCC2)cc1. The van der Waals surface area contributed by atoms with Crippen LogP contribution in [0.25, 0.3) is 0 Å². The molecule has 6 heteroatoms. The van der Waals surface area contributed by atoms with E-state index >= 15 is 0 Å². The maximum Gasteiger partial charge on any atom is 0.243 e. The molecular formula is C19H30N2O3S. The molecule has 0 aliphatic carbocycles. The largest absolute Gasteiger partial charge is 0.343 e. The summed E-state index contributed by atoms with van der Waals surface area (Å²) < 4.78 is 26.4. The molecule has 0 radical (unpaired) electrons. The summed E-state index contributed by atoms with van der Waals surface area (Å²) in [5.41, 5.74) is 1.00. The molecule has 2 rings (SSSR count). The van der Waals surface area contributed by atoms with Crippen molar-refractivity contribution >= 4 is 15.9 Å². The normalized spacial score (nSPS) is 16.0. The Bertz CT molecular complexity index is 644. The van der Waals surface area contributed by atoms with Gasteiger partial charge in [-0.3, -0.25) is 4.79 Å². The molecule has 0 aromatic heterocycles. The van der Waals surface area contributed by atoms with Crippen molar-refractivity contribution in [3.8, 4) is 0 Å². The lowest BCUT2D eigenvalue weighted by molar-refractivity contribution is -0.131. The van der Waals surface area contributed by atoms with Gasteiger partial charge in [0.15, 0.2) is 0 Å². The summed E-state index contributed by atoms with van der Waals surface area (Å²) in [5.74, 6) is 0.210. The number of carbonyl (C=O) groups is 1. The Balaban J connectivity index is 1.95. The molecule has 0 saturated carbocycles. The van der Waals surface area contributed by atoms with Crippen molar-refractivity contribution in [2.24, 2.45) is 0 Å². The van der Waals surface area contributed by atoms with Crippen LogP contribution in [0.3, 0.4) is 0 Å². The van der Waals surface area contributed by atoms with Crippen molar-refractivity contribution in [2.45, 2.75) is 57.3 Å². The molecule has 1 aromatic rings. The number of aryl methyl sites for hydroxylation is 1. The maximum atomic E-state index is 12.5. The predicted molar refractivity (Wildman–Crippen MR) is 99.9 cm³/mol. The average molecular weight is 367 g/mol. The summed E-state index contributed by atoms with van der Waals surface area (Å²) in [5, 5.41) is 0. The lowest BCUT2D eigenvalue weighted by atomic mass is 10.1. The fourth-order valence-corrected chi connectivity index (χ4v) is 4.73. The van der Waals surface area contributed by atoms with E-state index in [0.717, 1.165) is 31.5 Å². The molecule has 0 bridgehead atoms. The Hall–Kier alpha value is -1.40. The number of hydrogen-bond acceptors (Lipinski definition) is 3. The molecule has 0 atom stereocenters. The second kappa shape index (κ2) is 9.34. The molecule has 1 saturated heterocycles. The maximum absolute atomic E-state index is 12.5. The Kier molecular flexibility index (Phi) is 7.44. The van der Waals surface area contributed by atoms with Crippen molar-refractivity contribution in [2.75, 3.05) is 26.2 Å². The molecule has 0 unspecified atom stereocenters. The topological polar surface area (TPSA) is 57.7 Å². The van der Waals surface area contributed by atoms with E-state index in [-0.39, 0.29) is 5.91 Å². The Morgan fingerprint density at radius 1 is 1.00 bits per heavy atom. The van der Waals surface area contributed by atoms with Gasteiger partial charge in [0.1, 0.15) is 0 Å². The number of sulfonamides is 1. The van der Waals surface area contributed by atoms with Crippen LogP contribution >= 0.6 is 0 Å². The molecule has 1 aliphatic heterocycles. The van der Waals surface area contributed by atoms with E-state index in [9.17, 15) is 13.2 Å². The van der Waals surface area contributed by atoms with Crippen LogP contribution in [0.4, 0.5) is 0 Å². The van der Waals surface area contributed by atoms with E-state index in [4.69, 9.17) is 0 Å². The van der Waals surface area contributed by atoms with Crippen LogP contribution in [0, 0.1) is 0 Å². The third-order valence-electron chi connectivity index (χ3n) is 4.85. The zero-order valence-corrected chi connectivity index (χ0v) is 16.2. The van der Waals surface area contributed by atoms with Gasteiger partial charge in [-0.15, -0.1) is 0 Å². The second-order valence-corrected chi connectivity index (χ2v) is 8.47. The standard InChI is InChI=1S/C19H30N2O3S/c1-3-21(4-2)25(23,24)18-12-9-17(10-13-18)11-14-19(22)20-15-7-5-6-8-16-20/h9-10,12-13H,3-8,11,14-16H2,1-2H3. The summed E-state index contributed by atoms with van der Waals surface area (Å²) >= 11 is 0. The zero-order valence-electron chi connectivity index (χ0n) is 15.4. The molecule has 140 valence electrons. The van der Waals surface area contributed by atoms with Crippen LogP contribution in [0.5, 0.6) is 0 Å². The summed E-state index contributed by atoms with van der Waals surface area (Å²) in [6.45, 7) is 6.35. The van der Waals surface area contributed by atoms with E-state index in [1.807, 2.05) is 30.9 Å². The number of rotatable bonds is 7. The van der Waals surface area contributed by atoms with Crippen LogP contribution in [0.2, 0.25) is 0 Å². The number of hydrogen-bond donors (Lipinski definition) is 0. The van der Waals surface area contributed by atoms with Gasteiger partial charge in [-0.05, 0) is 37.0 Å². The van der Waals surface area contributed by atoms with Gasteiger partial charge in [-0.25, -0.2) is 8.42 Å². The molecule has 0 N–H and O–H groups in total. The zero-order chi connectivity index (χ0) is 18.3. The Morgan fingerprint density at radius 2 is 1.56 bits per heavy atom. The van der Waals surface area contributed by atoms with Gasteiger partial charge in [0.05, 0.1) is 4.90 Å². The molecular weight excluding hydrogens is 336 g/mol. The lowest BCUT2D eigenvalue weighted by Gasteiger charge is -2.20. The van der Waals surface area contributed by atoms with E-state index in [2.05, 4.69) is 0 Å². The smallest absolute Gasteiger partial charge is 0.243 e. The summed E-state index contributed by atoms with van der Waals surface area (Å²) in [6, 6.07) is 6.96. The van der Waals surface area contributed by atoms with Crippen molar-refractivity contribution in [1.82, 2.24) is 9.21 Å². The van der Waals surface area contributed by atoms with Gasteiger partial charge in [-0.1, -0.05) is 38.8 Å². The third-order valence-corrected chi connectivity index (χ3v) is 6.92. The number of likely N-dealkylation sites (tertiary alicyclic amines) is 1. The van der Waals surface area contributed by atoms with Gasteiger partial charge < -0.3 is 4.90 Å². The minimum Gasteiger partial charge on any atom is -0.343 e. The van der Waals surface area contributed by atoms with E-state index < -0.39 is 10.0 Å². The lowest BCUT2D eigenvalue weighted by Crippen LogP contribution is -2.32. The first-order chi connectivity index (χ1) is 12.0. The van der Waals surface area contributed by atoms with Crippen LogP contribution in [-0.2, 0) is 21.2 Å². The highest BCUT2D eigenvalue weighted by atomic mass is 32.2. The highest BCUT2D eigenvalue weighted by Gasteiger charge is 2.21. The fourth-order valence-electron chi connectivity index (χ4n) is 3.27. The van der Waals surface area contributed by atoms with E-state index in [1.165, 1.54) is 17.1 Å². The summed E-state index contributed by atoms with van der Waals surface area (Å²) in [4.78, 5) is 14.6. The molecule has 1 aromatic carbocycles. The number of carbonyl (C=O) groups excluding carboxylic acids is 1. The molecule has 1 amide bonds. The molecule has 25 heavy (non-hydrogen) atoms. The Morgan fingerprint density at radius 3 is 2.08 bits per heavy atom. The quantitative estimate of drug-likeness (QED) is 0.745. The van der Waals surface area contributed by atoms with Gasteiger partial charge in [0, 0.05) is 32.6 Å². The van der Waals surface area contributed by atoms with Gasteiger partial charge in [-0.2, -0.15) is 4.31 Å². The van der Waals surface area contributed by atoms with Gasteiger partial charge >= 0.3 is 0 Å². The van der Waals surface area contributed by atoms with Crippen molar-refractivity contribution in [1.29, 1.82) is 0 Å². The minimum atomic E-state index is -3.41. The van der Waals surface area contributed by atoms with Crippen molar-refractivity contribution in [3.05, 3.63) is 29.8 Å². The number of benzene rings is 1. The highest BCUT2D eigenvalue weighted by molar-refractivity contribution is 7.89. The van der Waals surface area contributed by atoms with E-state index in [1.54, 1.807) is 12.1 Å². The highest BCUT2D eigenvalue weighted by Crippen LogP contribution is 2.17. The average Bonchev–Trinajstić information content (AvgIpc) is 2.90. The van der Waals surface area contributed by atoms with Crippen LogP contribution in [-0.4, -0.2) is 49.7 Å². The number of nitrogens with zero attached hydrogens (tertiary/aromatic N) is 2. The Labute approximate surface area is 152 Å². The van der Waals surface area contributed by atoms with Crippen molar-refractivity contribution in [3.63, 3.8) is 0 Å². The second-order valence-electron chi connectivity index (χ2n) is 6.53.